The topological polar surface area (TPSA) is 67.9 Å². The van der Waals surface area contributed by atoms with Crippen molar-refractivity contribution in [2.45, 2.75) is 50.3 Å². The Balaban J connectivity index is 2.15. The van der Waals surface area contributed by atoms with Gasteiger partial charge in [-0.1, -0.05) is 12.8 Å². The van der Waals surface area contributed by atoms with Gasteiger partial charge in [0.1, 0.15) is 11.6 Å². The zero-order chi connectivity index (χ0) is 14.8. The van der Waals surface area contributed by atoms with Crippen LogP contribution in [0.5, 0.6) is 0 Å². The molecule has 1 heterocycles. The van der Waals surface area contributed by atoms with Gasteiger partial charge >= 0.3 is 0 Å². The van der Waals surface area contributed by atoms with Gasteiger partial charge in [-0.2, -0.15) is 0 Å². The third-order valence-corrected chi connectivity index (χ3v) is 4.42. The fraction of sp³-hybridized carbons (Fsp3) is 0.857. The van der Waals surface area contributed by atoms with E-state index in [-0.39, 0.29) is 17.9 Å². The first-order valence-electron chi connectivity index (χ1n) is 7.19. The highest BCUT2D eigenvalue weighted by atomic mass is 16.5. The highest BCUT2D eigenvalue weighted by molar-refractivity contribution is 5.99. The van der Waals surface area contributed by atoms with Gasteiger partial charge in [0.15, 0.2) is 0 Å². The Hall–Kier alpha value is -1.14. The van der Waals surface area contributed by atoms with Crippen LogP contribution in [0.1, 0.15) is 32.6 Å². The molecule has 20 heavy (non-hydrogen) atoms. The van der Waals surface area contributed by atoms with Gasteiger partial charge in [-0.3, -0.25) is 9.59 Å². The molecule has 0 aromatic carbocycles. The molecule has 1 saturated heterocycles. The lowest BCUT2D eigenvalue weighted by Crippen LogP contribution is -2.69. The largest absolute Gasteiger partial charge is 0.382 e. The first kappa shape index (κ1) is 15.3. The summed E-state index contributed by atoms with van der Waals surface area (Å²) in [5.41, 5.74) is -0.672. The molecule has 1 aliphatic heterocycles. The maximum absolute atomic E-state index is 12.8. The quantitative estimate of drug-likeness (QED) is 0.789. The van der Waals surface area contributed by atoms with Crippen LogP contribution in [0.15, 0.2) is 0 Å². The molecule has 2 aliphatic rings. The summed E-state index contributed by atoms with van der Waals surface area (Å²) in [5.74, 6) is -0.0426. The van der Waals surface area contributed by atoms with Crippen LogP contribution < -0.4 is 5.32 Å². The third-order valence-electron chi connectivity index (χ3n) is 4.42. The van der Waals surface area contributed by atoms with Crippen molar-refractivity contribution in [3.8, 4) is 0 Å². The van der Waals surface area contributed by atoms with E-state index < -0.39 is 11.6 Å². The number of carbonyl (C=O) groups excluding carboxylic acids is 2. The SMILES string of the molecule is COCC(CN1C(=O)C2(CCCC2)NC(=O)C1C)OC. The number of rotatable bonds is 5. The number of nitrogens with zero attached hydrogens (tertiary/aromatic N) is 1. The zero-order valence-corrected chi connectivity index (χ0v) is 12.5. The van der Waals surface area contributed by atoms with Crippen molar-refractivity contribution in [1.29, 1.82) is 0 Å². The van der Waals surface area contributed by atoms with Crippen molar-refractivity contribution in [1.82, 2.24) is 10.2 Å². The Labute approximate surface area is 119 Å². The zero-order valence-electron chi connectivity index (χ0n) is 12.5. The summed E-state index contributed by atoms with van der Waals surface area (Å²) >= 11 is 0. The summed E-state index contributed by atoms with van der Waals surface area (Å²) in [6.45, 7) is 2.55. The number of amides is 2. The van der Waals surface area contributed by atoms with Crippen molar-refractivity contribution in [3.63, 3.8) is 0 Å². The van der Waals surface area contributed by atoms with E-state index in [0.29, 0.717) is 13.2 Å². The van der Waals surface area contributed by atoms with E-state index in [2.05, 4.69) is 5.32 Å². The smallest absolute Gasteiger partial charge is 0.249 e. The number of piperazine rings is 1. The number of hydrogen-bond acceptors (Lipinski definition) is 4. The second kappa shape index (κ2) is 6.10. The molecule has 2 fully saturated rings. The molecule has 0 radical (unpaired) electrons. The van der Waals surface area contributed by atoms with Crippen LogP contribution >= 0.6 is 0 Å². The Morgan fingerprint density at radius 2 is 2.00 bits per heavy atom. The van der Waals surface area contributed by atoms with Gasteiger partial charge < -0.3 is 19.7 Å². The fourth-order valence-electron chi connectivity index (χ4n) is 3.15. The minimum Gasteiger partial charge on any atom is -0.382 e. The maximum atomic E-state index is 12.8. The molecular formula is C14H24N2O4. The highest BCUT2D eigenvalue weighted by Gasteiger charge is 2.51. The first-order valence-corrected chi connectivity index (χ1v) is 7.19. The van der Waals surface area contributed by atoms with Gasteiger partial charge in [-0.25, -0.2) is 0 Å². The summed E-state index contributed by atoms with van der Waals surface area (Å²) in [4.78, 5) is 26.6. The van der Waals surface area contributed by atoms with Crippen LogP contribution in [0.4, 0.5) is 0 Å². The number of carbonyl (C=O) groups is 2. The van der Waals surface area contributed by atoms with E-state index in [1.807, 2.05) is 0 Å². The molecule has 2 rings (SSSR count). The molecule has 1 saturated carbocycles. The van der Waals surface area contributed by atoms with Crippen LogP contribution in [0.3, 0.4) is 0 Å². The van der Waals surface area contributed by atoms with E-state index in [1.54, 1.807) is 26.0 Å². The second-order valence-corrected chi connectivity index (χ2v) is 5.73. The van der Waals surface area contributed by atoms with Crippen molar-refractivity contribution in [2.75, 3.05) is 27.4 Å². The molecule has 1 N–H and O–H groups in total. The molecule has 0 aromatic rings. The van der Waals surface area contributed by atoms with Gasteiger partial charge in [-0.05, 0) is 19.8 Å². The molecule has 1 aliphatic carbocycles. The van der Waals surface area contributed by atoms with E-state index >= 15 is 0 Å². The average Bonchev–Trinajstić information content (AvgIpc) is 2.90. The van der Waals surface area contributed by atoms with Crippen molar-refractivity contribution in [3.05, 3.63) is 0 Å². The van der Waals surface area contributed by atoms with Crippen LogP contribution in [0, 0.1) is 0 Å². The van der Waals surface area contributed by atoms with E-state index in [4.69, 9.17) is 9.47 Å². The van der Waals surface area contributed by atoms with Crippen molar-refractivity contribution >= 4 is 11.8 Å². The van der Waals surface area contributed by atoms with Crippen LogP contribution in [-0.2, 0) is 19.1 Å². The molecule has 0 aromatic heterocycles. The fourth-order valence-corrected chi connectivity index (χ4v) is 3.15. The number of hydrogen-bond donors (Lipinski definition) is 1. The number of methoxy groups -OCH3 is 2. The van der Waals surface area contributed by atoms with E-state index in [0.717, 1.165) is 25.7 Å². The minimum absolute atomic E-state index is 0.0280. The Morgan fingerprint density at radius 1 is 1.35 bits per heavy atom. The molecular weight excluding hydrogens is 260 g/mol. The summed E-state index contributed by atoms with van der Waals surface area (Å²) in [5, 5.41) is 2.94. The lowest BCUT2D eigenvalue weighted by molar-refractivity contribution is -0.156. The highest BCUT2D eigenvalue weighted by Crippen LogP contribution is 2.34. The van der Waals surface area contributed by atoms with Gasteiger partial charge in [0.05, 0.1) is 19.3 Å². The normalized spacial score (nSPS) is 26.9. The predicted octanol–water partition coefficient (Wildman–Crippen LogP) is 0.308. The van der Waals surface area contributed by atoms with Crippen molar-refractivity contribution < 1.29 is 19.1 Å². The van der Waals surface area contributed by atoms with Crippen LogP contribution in [0.2, 0.25) is 0 Å². The lowest BCUT2D eigenvalue weighted by atomic mass is 9.91. The predicted molar refractivity (Wildman–Crippen MR) is 73.2 cm³/mol. The van der Waals surface area contributed by atoms with E-state index in [1.165, 1.54) is 0 Å². The average molecular weight is 284 g/mol. The Kier molecular flexibility index (Phi) is 4.65. The lowest BCUT2D eigenvalue weighted by Gasteiger charge is -2.44. The molecule has 2 atom stereocenters. The molecule has 2 unspecified atom stereocenters. The minimum atomic E-state index is -0.672. The second-order valence-electron chi connectivity index (χ2n) is 5.73. The van der Waals surface area contributed by atoms with Gasteiger partial charge in [0.2, 0.25) is 11.8 Å². The van der Waals surface area contributed by atoms with Gasteiger partial charge in [-0.15, -0.1) is 0 Å². The molecule has 0 bridgehead atoms. The monoisotopic (exact) mass is 284 g/mol. The summed E-state index contributed by atoms with van der Waals surface area (Å²) in [6.07, 6.45) is 3.24. The molecule has 6 nitrogen and oxygen atoms in total. The summed E-state index contributed by atoms with van der Waals surface area (Å²) in [6, 6.07) is -0.455. The molecule has 2 amide bonds. The van der Waals surface area contributed by atoms with Gasteiger partial charge in [0.25, 0.3) is 0 Å². The Morgan fingerprint density at radius 3 is 2.55 bits per heavy atom. The number of ether oxygens (including phenoxy) is 2. The van der Waals surface area contributed by atoms with Crippen LogP contribution in [-0.4, -0.2) is 61.8 Å². The Bertz CT molecular complexity index is 379. The molecule has 1 spiro atoms. The van der Waals surface area contributed by atoms with Gasteiger partial charge in [0, 0.05) is 14.2 Å². The third kappa shape index (κ3) is 2.67. The number of nitrogens with one attached hydrogen (secondary N) is 1. The van der Waals surface area contributed by atoms with Crippen LogP contribution in [0.25, 0.3) is 0 Å². The molecule has 6 heteroatoms. The van der Waals surface area contributed by atoms with E-state index in [9.17, 15) is 9.59 Å². The standard InChI is InChI=1S/C14H24N2O4/c1-10-12(17)15-14(6-4-5-7-14)13(18)16(10)8-11(20-3)9-19-2/h10-11H,4-9H2,1-3H3,(H,15,17). The summed E-state index contributed by atoms with van der Waals surface area (Å²) < 4.78 is 10.4. The first-order chi connectivity index (χ1) is 9.54. The molecule has 114 valence electrons. The maximum Gasteiger partial charge on any atom is 0.249 e. The van der Waals surface area contributed by atoms with Crippen molar-refractivity contribution in [2.24, 2.45) is 0 Å². The summed E-state index contributed by atoms with van der Waals surface area (Å²) in [7, 11) is 3.19.